The summed E-state index contributed by atoms with van der Waals surface area (Å²) in [5.74, 6) is 0.937. The molecule has 0 amide bonds. The van der Waals surface area contributed by atoms with Crippen LogP contribution in [-0.2, 0) is 0 Å². The quantitative estimate of drug-likeness (QED) is 0.794. The third-order valence-electron chi connectivity index (χ3n) is 2.18. The molecule has 0 saturated heterocycles. The molecule has 0 fully saturated rings. The van der Waals surface area contributed by atoms with Gasteiger partial charge in [0, 0.05) is 6.04 Å². The molecule has 1 rings (SSSR count). The minimum absolute atomic E-state index is 0.238. The van der Waals surface area contributed by atoms with Crippen LogP contribution in [0.2, 0.25) is 0 Å². The molecule has 0 radical (unpaired) electrons. The van der Waals surface area contributed by atoms with Crippen LogP contribution >= 0.6 is 0 Å². The first kappa shape index (κ1) is 11.1. The summed E-state index contributed by atoms with van der Waals surface area (Å²) >= 11 is 0. The summed E-state index contributed by atoms with van der Waals surface area (Å²) in [4.78, 5) is 0. The molecule has 0 unspecified atom stereocenters. The molecule has 0 aliphatic carbocycles. The van der Waals surface area contributed by atoms with Crippen molar-refractivity contribution in [2.45, 2.75) is 32.9 Å². The summed E-state index contributed by atoms with van der Waals surface area (Å²) < 4.78 is 5.56. The molecule has 0 aromatic heterocycles. The fraction of sp³-hybridized carbons (Fsp3) is 0.500. The van der Waals surface area contributed by atoms with Crippen molar-refractivity contribution in [3.63, 3.8) is 0 Å². The molecule has 0 aliphatic heterocycles. The summed E-state index contributed by atoms with van der Waals surface area (Å²) in [5, 5.41) is 3.20. The van der Waals surface area contributed by atoms with Crippen LogP contribution in [0.15, 0.2) is 24.3 Å². The SMILES string of the molecule is CN[C@@H](C)c1ccc(OC(C)C)cc1. The predicted molar refractivity (Wildman–Crippen MR) is 59.7 cm³/mol. The Morgan fingerprint density at radius 2 is 1.64 bits per heavy atom. The van der Waals surface area contributed by atoms with Crippen LogP contribution in [0.25, 0.3) is 0 Å². The summed E-state index contributed by atoms with van der Waals surface area (Å²) in [7, 11) is 1.96. The molecule has 1 N–H and O–H groups in total. The highest BCUT2D eigenvalue weighted by Gasteiger charge is 2.02. The van der Waals surface area contributed by atoms with Gasteiger partial charge in [-0.25, -0.2) is 0 Å². The molecule has 2 nitrogen and oxygen atoms in total. The fourth-order valence-corrected chi connectivity index (χ4v) is 1.27. The van der Waals surface area contributed by atoms with E-state index in [1.165, 1.54) is 5.56 Å². The topological polar surface area (TPSA) is 21.3 Å². The van der Waals surface area contributed by atoms with Crippen molar-refractivity contribution in [3.8, 4) is 5.75 Å². The van der Waals surface area contributed by atoms with Gasteiger partial charge in [-0.3, -0.25) is 0 Å². The molecular formula is C12H19NO. The van der Waals surface area contributed by atoms with Gasteiger partial charge in [-0.15, -0.1) is 0 Å². The predicted octanol–water partition coefficient (Wildman–Crippen LogP) is 2.75. The number of hydrogen-bond acceptors (Lipinski definition) is 2. The molecule has 0 aliphatic rings. The molecule has 1 aromatic rings. The van der Waals surface area contributed by atoms with Gasteiger partial charge >= 0.3 is 0 Å². The van der Waals surface area contributed by atoms with Crippen LogP contribution in [-0.4, -0.2) is 13.2 Å². The van der Waals surface area contributed by atoms with Crippen LogP contribution in [0.5, 0.6) is 5.75 Å². The molecule has 0 saturated carbocycles. The van der Waals surface area contributed by atoms with Gasteiger partial charge in [0.15, 0.2) is 0 Å². The average molecular weight is 193 g/mol. The van der Waals surface area contributed by atoms with Crippen LogP contribution in [0.4, 0.5) is 0 Å². The van der Waals surface area contributed by atoms with Crippen molar-refractivity contribution in [3.05, 3.63) is 29.8 Å². The van der Waals surface area contributed by atoms with E-state index in [9.17, 15) is 0 Å². The summed E-state index contributed by atoms with van der Waals surface area (Å²) in [6.45, 7) is 6.20. The number of benzene rings is 1. The molecule has 0 bridgehead atoms. The van der Waals surface area contributed by atoms with Gasteiger partial charge in [-0.05, 0) is 45.5 Å². The lowest BCUT2D eigenvalue weighted by molar-refractivity contribution is 0.242. The lowest BCUT2D eigenvalue weighted by atomic mass is 10.1. The lowest BCUT2D eigenvalue weighted by Gasteiger charge is -2.13. The summed E-state index contributed by atoms with van der Waals surface area (Å²) in [6.07, 6.45) is 0.238. The van der Waals surface area contributed by atoms with Gasteiger partial charge in [0.2, 0.25) is 0 Å². The first-order chi connectivity index (χ1) is 6.63. The standard InChI is InChI=1S/C12H19NO/c1-9(2)14-12-7-5-11(6-8-12)10(3)13-4/h5-10,13H,1-4H3/t10-/m0/s1. The minimum Gasteiger partial charge on any atom is -0.491 e. The van der Waals surface area contributed by atoms with E-state index in [1.54, 1.807) is 0 Å². The first-order valence-electron chi connectivity index (χ1n) is 5.07. The van der Waals surface area contributed by atoms with Gasteiger partial charge < -0.3 is 10.1 Å². The van der Waals surface area contributed by atoms with Crippen molar-refractivity contribution in [2.24, 2.45) is 0 Å². The van der Waals surface area contributed by atoms with Gasteiger partial charge in [0.05, 0.1) is 6.10 Å². The van der Waals surface area contributed by atoms with Crippen LogP contribution < -0.4 is 10.1 Å². The van der Waals surface area contributed by atoms with Crippen molar-refractivity contribution in [1.82, 2.24) is 5.32 Å². The zero-order valence-corrected chi connectivity index (χ0v) is 9.37. The zero-order chi connectivity index (χ0) is 10.6. The van der Waals surface area contributed by atoms with Crippen LogP contribution in [0.3, 0.4) is 0 Å². The molecule has 0 spiro atoms. The van der Waals surface area contributed by atoms with Crippen LogP contribution in [0.1, 0.15) is 32.4 Å². The van der Waals surface area contributed by atoms with Crippen molar-refractivity contribution in [1.29, 1.82) is 0 Å². The van der Waals surface area contributed by atoms with E-state index in [0.717, 1.165) is 5.75 Å². The monoisotopic (exact) mass is 193 g/mol. The maximum atomic E-state index is 5.56. The van der Waals surface area contributed by atoms with E-state index < -0.39 is 0 Å². The third-order valence-corrected chi connectivity index (χ3v) is 2.18. The Bertz CT molecular complexity index is 266. The minimum atomic E-state index is 0.238. The van der Waals surface area contributed by atoms with Crippen LogP contribution in [0, 0.1) is 0 Å². The summed E-state index contributed by atoms with van der Waals surface area (Å²) in [6, 6.07) is 8.62. The Morgan fingerprint density at radius 1 is 1.07 bits per heavy atom. The van der Waals surface area contributed by atoms with E-state index >= 15 is 0 Å². The molecule has 1 aromatic carbocycles. The van der Waals surface area contributed by atoms with Crippen molar-refractivity contribution >= 4 is 0 Å². The number of rotatable bonds is 4. The lowest BCUT2D eigenvalue weighted by Crippen LogP contribution is -2.12. The van der Waals surface area contributed by atoms with E-state index in [4.69, 9.17) is 4.74 Å². The van der Waals surface area contributed by atoms with Crippen molar-refractivity contribution < 1.29 is 4.74 Å². The highest BCUT2D eigenvalue weighted by Crippen LogP contribution is 2.17. The number of nitrogens with one attached hydrogen (secondary N) is 1. The molecule has 78 valence electrons. The highest BCUT2D eigenvalue weighted by atomic mass is 16.5. The Hall–Kier alpha value is -1.02. The largest absolute Gasteiger partial charge is 0.491 e. The first-order valence-corrected chi connectivity index (χ1v) is 5.07. The van der Waals surface area contributed by atoms with Gasteiger partial charge in [0.1, 0.15) is 5.75 Å². The second-order valence-corrected chi connectivity index (χ2v) is 3.75. The van der Waals surface area contributed by atoms with Crippen molar-refractivity contribution in [2.75, 3.05) is 7.05 Å². The Balaban J connectivity index is 2.68. The number of hydrogen-bond donors (Lipinski definition) is 1. The van der Waals surface area contributed by atoms with E-state index in [-0.39, 0.29) is 6.10 Å². The highest BCUT2D eigenvalue weighted by molar-refractivity contribution is 5.28. The van der Waals surface area contributed by atoms with Gasteiger partial charge in [0.25, 0.3) is 0 Å². The second kappa shape index (κ2) is 5.01. The van der Waals surface area contributed by atoms with Gasteiger partial charge in [-0.2, -0.15) is 0 Å². The molecule has 1 atom stereocenters. The average Bonchev–Trinajstić information content (AvgIpc) is 2.17. The Labute approximate surface area is 86.3 Å². The van der Waals surface area contributed by atoms with E-state index in [0.29, 0.717) is 6.04 Å². The maximum Gasteiger partial charge on any atom is 0.119 e. The Morgan fingerprint density at radius 3 is 2.07 bits per heavy atom. The summed E-state index contributed by atoms with van der Waals surface area (Å²) in [5.41, 5.74) is 1.28. The van der Waals surface area contributed by atoms with E-state index in [1.807, 2.05) is 33.0 Å². The Kier molecular flexibility index (Phi) is 3.96. The zero-order valence-electron chi connectivity index (χ0n) is 9.37. The molecular weight excluding hydrogens is 174 g/mol. The number of ether oxygens (including phenoxy) is 1. The fourth-order valence-electron chi connectivity index (χ4n) is 1.27. The second-order valence-electron chi connectivity index (χ2n) is 3.75. The molecule has 2 heteroatoms. The molecule has 14 heavy (non-hydrogen) atoms. The van der Waals surface area contributed by atoms with E-state index in [2.05, 4.69) is 24.4 Å². The maximum absolute atomic E-state index is 5.56. The third kappa shape index (κ3) is 3.04. The molecule has 0 heterocycles. The smallest absolute Gasteiger partial charge is 0.119 e. The normalized spacial score (nSPS) is 12.9. The van der Waals surface area contributed by atoms with Gasteiger partial charge in [-0.1, -0.05) is 12.1 Å².